The molecule has 0 unspecified atom stereocenters. The second-order valence-corrected chi connectivity index (χ2v) is 20.1. The van der Waals surface area contributed by atoms with E-state index in [1.165, 1.54) is 212 Å². The Bertz CT molecular complexity index is 954. The molecule has 1 fully saturated rings. The third-order valence-corrected chi connectivity index (χ3v) is 14.0. The highest BCUT2D eigenvalue weighted by Gasteiger charge is 2.25. The lowest BCUT2D eigenvalue weighted by Gasteiger charge is -2.35. The zero-order valence-corrected chi connectivity index (χ0v) is 43.5. The van der Waals surface area contributed by atoms with E-state index in [-0.39, 0.29) is 5.97 Å². The molecule has 7 nitrogen and oxygen atoms in total. The van der Waals surface area contributed by atoms with Crippen LogP contribution in [-0.4, -0.2) is 110 Å². The highest BCUT2D eigenvalue weighted by atomic mass is 16.5. The lowest BCUT2D eigenvalue weighted by atomic mass is 9.93. The minimum atomic E-state index is -0.0303. The molecule has 63 heavy (non-hydrogen) atoms. The SMILES string of the molecule is CCCCCCCCCN(CCCCCC(=O)OCCC)CCC1CCN(C(=O)CN(CCCCCCCCC)CCN(CCCCCCCCC)CCCCCCCCC)CC1. The Hall–Kier alpha value is -1.18. The van der Waals surface area contributed by atoms with E-state index in [1.54, 1.807) is 0 Å². The molecule has 0 atom stereocenters. The maximum Gasteiger partial charge on any atom is 0.305 e. The van der Waals surface area contributed by atoms with Crippen molar-refractivity contribution < 1.29 is 14.3 Å². The number of piperidine rings is 1. The third kappa shape index (κ3) is 37.6. The number of hydrogen-bond acceptors (Lipinski definition) is 6. The van der Waals surface area contributed by atoms with Crippen LogP contribution in [0, 0.1) is 5.92 Å². The number of esters is 1. The highest BCUT2D eigenvalue weighted by Crippen LogP contribution is 2.22. The molecule has 1 amide bonds. The lowest BCUT2D eigenvalue weighted by molar-refractivity contribution is -0.143. The second-order valence-electron chi connectivity index (χ2n) is 20.1. The van der Waals surface area contributed by atoms with Crippen LogP contribution in [0.5, 0.6) is 0 Å². The number of amides is 1. The molecule has 0 aromatic heterocycles. The summed E-state index contributed by atoms with van der Waals surface area (Å²) < 4.78 is 5.29. The van der Waals surface area contributed by atoms with Gasteiger partial charge in [0.2, 0.25) is 5.91 Å². The summed E-state index contributed by atoms with van der Waals surface area (Å²) >= 11 is 0. The number of unbranched alkanes of at least 4 members (excludes halogenated alkanes) is 26. The predicted molar refractivity (Wildman–Crippen MR) is 275 cm³/mol. The van der Waals surface area contributed by atoms with E-state index < -0.39 is 0 Å². The Morgan fingerprint density at radius 1 is 0.413 bits per heavy atom. The van der Waals surface area contributed by atoms with Crippen molar-refractivity contribution in [1.29, 1.82) is 0 Å². The van der Waals surface area contributed by atoms with Gasteiger partial charge in [-0.15, -0.1) is 0 Å². The zero-order chi connectivity index (χ0) is 45.7. The molecular formula is C56H112N4O3. The zero-order valence-electron chi connectivity index (χ0n) is 43.5. The van der Waals surface area contributed by atoms with Crippen LogP contribution < -0.4 is 0 Å². The van der Waals surface area contributed by atoms with Gasteiger partial charge in [-0.3, -0.25) is 14.5 Å². The molecule has 0 radical (unpaired) electrons. The van der Waals surface area contributed by atoms with Crippen molar-refractivity contribution in [3.05, 3.63) is 0 Å². The smallest absolute Gasteiger partial charge is 0.305 e. The van der Waals surface area contributed by atoms with Crippen LogP contribution in [0.1, 0.15) is 266 Å². The molecule has 7 heteroatoms. The molecule has 1 aliphatic heterocycles. The summed E-state index contributed by atoms with van der Waals surface area (Å²) in [5, 5.41) is 0. The van der Waals surface area contributed by atoms with Gasteiger partial charge < -0.3 is 19.4 Å². The van der Waals surface area contributed by atoms with Crippen molar-refractivity contribution in [2.75, 3.05) is 78.6 Å². The molecule has 0 aromatic rings. The predicted octanol–water partition coefficient (Wildman–Crippen LogP) is 15.0. The van der Waals surface area contributed by atoms with Gasteiger partial charge in [0.1, 0.15) is 0 Å². The molecule has 1 aliphatic rings. The van der Waals surface area contributed by atoms with Crippen LogP contribution >= 0.6 is 0 Å². The number of hydrogen-bond donors (Lipinski definition) is 0. The van der Waals surface area contributed by atoms with E-state index in [4.69, 9.17) is 4.74 Å². The summed E-state index contributed by atoms with van der Waals surface area (Å²) in [7, 11) is 0. The number of ether oxygens (including phenoxy) is 1. The topological polar surface area (TPSA) is 56.3 Å². The quantitative estimate of drug-likeness (QED) is 0.0448. The van der Waals surface area contributed by atoms with E-state index >= 15 is 0 Å². The maximum absolute atomic E-state index is 14.0. The first-order chi connectivity index (χ1) is 31.0. The Kier molecular flexibility index (Phi) is 43.6. The second kappa shape index (κ2) is 46.0. The van der Waals surface area contributed by atoms with Crippen LogP contribution in [0.4, 0.5) is 0 Å². The van der Waals surface area contributed by atoms with Crippen LogP contribution in [0.25, 0.3) is 0 Å². The molecule has 0 aromatic carbocycles. The maximum atomic E-state index is 14.0. The Morgan fingerprint density at radius 3 is 1.17 bits per heavy atom. The summed E-state index contributed by atoms with van der Waals surface area (Å²) in [4.78, 5) is 36.3. The van der Waals surface area contributed by atoms with Gasteiger partial charge in [0.05, 0.1) is 13.2 Å². The fourth-order valence-electron chi connectivity index (χ4n) is 9.59. The van der Waals surface area contributed by atoms with Crippen LogP contribution in [0.15, 0.2) is 0 Å². The number of nitrogens with zero attached hydrogens (tertiary/aromatic N) is 4. The van der Waals surface area contributed by atoms with Gasteiger partial charge in [-0.2, -0.15) is 0 Å². The van der Waals surface area contributed by atoms with Crippen LogP contribution in [0.3, 0.4) is 0 Å². The third-order valence-electron chi connectivity index (χ3n) is 14.0. The first-order valence-electron chi connectivity index (χ1n) is 28.6. The highest BCUT2D eigenvalue weighted by molar-refractivity contribution is 5.78. The van der Waals surface area contributed by atoms with Gasteiger partial charge in [0.25, 0.3) is 0 Å². The largest absolute Gasteiger partial charge is 0.466 e. The average Bonchev–Trinajstić information content (AvgIpc) is 3.29. The molecule has 0 saturated carbocycles. The molecule has 0 spiro atoms. The molecule has 1 heterocycles. The molecule has 1 saturated heterocycles. The van der Waals surface area contributed by atoms with Gasteiger partial charge >= 0.3 is 5.97 Å². The number of likely N-dealkylation sites (tertiary alicyclic amines) is 1. The summed E-state index contributed by atoms with van der Waals surface area (Å²) in [5.41, 5.74) is 0. The number of rotatable bonds is 48. The van der Waals surface area contributed by atoms with Gasteiger partial charge in [-0.25, -0.2) is 0 Å². The van der Waals surface area contributed by atoms with Crippen LogP contribution in [0.2, 0.25) is 0 Å². The van der Waals surface area contributed by atoms with Gasteiger partial charge in [0, 0.05) is 32.6 Å². The first kappa shape index (κ1) is 59.8. The summed E-state index contributed by atoms with van der Waals surface area (Å²) in [5.74, 6) is 1.06. The Morgan fingerprint density at radius 2 is 0.762 bits per heavy atom. The monoisotopic (exact) mass is 889 g/mol. The number of carbonyl (C=O) groups excluding carboxylic acids is 2. The Balaban J connectivity index is 2.72. The van der Waals surface area contributed by atoms with Crippen molar-refractivity contribution in [1.82, 2.24) is 19.6 Å². The average molecular weight is 890 g/mol. The van der Waals surface area contributed by atoms with E-state index in [1.807, 2.05) is 6.92 Å². The molecule has 0 N–H and O–H groups in total. The molecular weight excluding hydrogens is 777 g/mol. The van der Waals surface area contributed by atoms with E-state index in [0.717, 1.165) is 83.7 Å². The van der Waals surface area contributed by atoms with Crippen molar-refractivity contribution in [3.8, 4) is 0 Å². The van der Waals surface area contributed by atoms with E-state index in [0.29, 0.717) is 25.5 Å². The molecule has 1 rings (SSSR count). The first-order valence-corrected chi connectivity index (χ1v) is 28.6. The molecule has 374 valence electrons. The van der Waals surface area contributed by atoms with Crippen molar-refractivity contribution >= 4 is 11.9 Å². The summed E-state index contributed by atoms with van der Waals surface area (Å²) in [6, 6.07) is 0. The minimum absolute atomic E-state index is 0.0303. The lowest BCUT2D eigenvalue weighted by Crippen LogP contribution is -2.46. The van der Waals surface area contributed by atoms with E-state index in [9.17, 15) is 9.59 Å². The Labute approximate surface area is 394 Å². The summed E-state index contributed by atoms with van der Waals surface area (Å²) in [6.45, 7) is 23.5. The fraction of sp³-hybridized carbons (Fsp3) is 0.964. The van der Waals surface area contributed by atoms with Gasteiger partial charge in [0.15, 0.2) is 0 Å². The molecule has 0 aliphatic carbocycles. The van der Waals surface area contributed by atoms with Crippen molar-refractivity contribution in [2.24, 2.45) is 5.92 Å². The van der Waals surface area contributed by atoms with Gasteiger partial charge in [-0.1, -0.05) is 195 Å². The normalized spacial score (nSPS) is 13.6. The minimum Gasteiger partial charge on any atom is -0.466 e. The van der Waals surface area contributed by atoms with Gasteiger partial charge in [-0.05, 0) is 109 Å². The van der Waals surface area contributed by atoms with Crippen molar-refractivity contribution in [2.45, 2.75) is 266 Å². The standard InChI is InChI=1S/C56H112N4O3/c1-6-11-15-19-23-27-33-42-57(43-37-31-32-38-56(62)63-52-10-5)47-39-54-40-48-60(49-41-54)55(61)53-59(46-36-30-26-22-18-14-9-4)51-50-58(44-34-28-24-20-16-12-7-2)45-35-29-25-21-17-13-8-3/h54H,6-53H2,1-5H3. The molecule has 0 bridgehead atoms. The van der Waals surface area contributed by atoms with Crippen LogP contribution in [-0.2, 0) is 14.3 Å². The summed E-state index contributed by atoms with van der Waals surface area (Å²) in [6.07, 6.45) is 46.1. The van der Waals surface area contributed by atoms with E-state index in [2.05, 4.69) is 47.3 Å². The van der Waals surface area contributed by atoms with Crippen molar-refractivity contribution in [3.63, 3.8) is 0 Å². The fourth-order valence-corrected chi connectivity index (χ4v) is 9.59. The number of carbonyl (C=O) groups is 2.